The van der Waals surface area contributed by atoms with Crippen molar-refractivity contribution in [3.05, 3.63) is 87.5 Å². The molecule has 35 heavy (non-hydrogen) atoms. The van der Waals surface area contributed by atoms with Crippen LogP contribution in [-0.4, -0.2) is 24.2 Å². The van der Waals surface area contributed by atoms with E-state index < -0.39 is 21.6 Å². The molecule has 1 atom stereocenters. The molecule has 2 aliphatic rings. The van der Waals surface area contributed by atoms with E-state index in [1.807, 2.05) is 44.2 Å². The molecule has 2 heterocycles. The normalized spacial score (nSPS) is 19.3. The number of aromatic nitrogens is 2. The van der Waals surface area contributed by atoms with Crippen LogP contribution in [0.2, 0.25) is 0 Å². The predicted molar refractivity (Wildman–Crippen MR) is 133 cm³/mol. The lowest BCUT2D eigenvalue weighted by Gasteiger charge is -2.44. The van der Waals surface area contributed by atoms with Gasteiger partial charge in [0, 0.05) is 34.9 Å². The number of carbonyl (C=O) groups is 1. The average Bonchev–Trinajstić information content (AvgIpc) is 2.77. The van der Waals surface area contributed by atoms with Gasteiger partial charge in [-0.1, -0.05) is 44.2 Å². The van der Waals surface area contributed by atoms with E-state index in [4.69, 9.17) is 10.9 Å². The lowest BCUT2D eigenvalue weighted by atomic mass is 9.68. The third kappa shape index (κ3) is 3.94. The molecule has 0 amide bonds. The summed E-state index contributed by atoms with van der Waals surface area (Å²) in [7, 11) is -3.90. The van der Waals surface area contributed by atoms with Gasteiger partial charge in [0.25, 0.3) is 0 Å². The van der Waals surface area contributed by atoms with Crippen LogP contribution < -0.4 is 21.5 Å². The number of nitrogens with zero attached hydrogens (tertiary/aromatic N) is 2. The van der Waals surface area contributed by atoms with Crippen molar-refractivity contribution in [1.29, 1.82) is 0 Å². The number of primary sulfonamides is 1. The standard InChI is InChI=1S/C25H25N5O4S/c1-25(2)12-17-20(18(31)13-25)19(14-6-4-3-5-7-14)21-22(26)28-24(32)29-23(21)30(17)15-8-10-16(11-9-15)35(27,33)34/h3-11,19H,12-13H2,1-2H3,(H2,27,33,34)(H3,26,28,29,32). The van der Waals surface area contributed by atoms with E-state index in [9.17, 15) is 18.0 Å². The van der Waals surface area contributed by atoms with Gasteiger partial charge >= 0.3 is 5.69 Å². The van der Waals surface area contributed by atoms with E-state index in [0.717, 1.165) is 5.56 Å². The van der Waals surface area contributed by atoms with Crippen LogP contribution >= 0.6 is 0 Å². The molecule has 0 radical (unpaired) electrons. The Morgan fingerprint density at radius 2 is 1.69 bits per heavy atom. The maximum Gasteiger partial charge on any atom is 0.348 e. The molecule has 2 aromatic carbocycles. The number of hydrogen-bond acceptors (Lipinski definition) is 7. The summed E-state index contributed by atoms with van der Waals surface area (Å²) >= 11 is 0. The molecule has 0 saturated heterocycles. The third-order valence-electron chi connectivity index (χ3n) is 6.49. The molecule has 0 saturated carbocycles. The van der Waals surface area contributed by atoms with E-state index in [-0.39, 0.29) is 21.9 Å². The highest BCUT2D eigenvalue weighted by atomic mass is 32.2. The summed E-state index contributed by atoms with van der Waals surface area (Å²) in [4.78, 5) is 34.7. The Hall–Kier alpha value is -3.76. The molecule has 3 aromatic rings. The highest BCUT2D eigenvalue weighted by Gasteiger charge is 2.45. The number of anilines is 3. The molecule has 0 bridgehead atoms. The van der Waals surface area contributed by atoms with Crippen molar-refractivity contribution < 1.29 is 13.2 Å². The van der Waals surface area contributed by atoms with Crippen molar-refractivity contribution in [3.63, 3.8) is 0 Å². The van der Waals surface area contributed by atoms with E-state index in [1.54, 1.807) is 17.0 Å². The van der Waals surface area contributed by atoms with Crippen LogP contribution in [0.1, 0.15) is 43.7 Å². The van der Waals surface area contributed by atoms with Crippen molar-refractivity contribution in [2.45, 2.75) is 37.5 Å². The second-order valence-corrected chi connectivity index (χ2v) is 11.3. The first-order valence-electron chi connectivity index (χ1n) is 11.1. The second kappa shape index (κ2) is 7.89. The Kier molecular flexibility index (Phi) is 5.19. The van der Waals surface area contributed by atoms with Gasteiger partial charge in [-0.3, -0.25) is 14.7 Å². The number of rotatable bonds is 3. The minimum atomic E-state index is -3.90. The number of Topliss-reactive ketones (excluding diaryl/α,β-unsaturated/α-hetero) is 1. The Balaban J connectivity index is 1.84. The zero-order chi connectivity index (χ0) is 25.1. The number of nitrogen functional groups attached to an aromatic ring is 1. The van der Waals surface area contributed by atoms with Gasteiger partial charge < -0.3 is 5.73 Å². The third-order valence-corrected chi connectivity index (χ3v) is 7.42. The minimum absolute atomic E-state index is 0.00694. The first-order valence-corrected chi connectivity index (χ1v) is 12.6. The van der Waals surface area contributed by atoms with Crippen LogP contribution in [0, 0.1) is 5.41 Å². The van der Waals surface area contributed by atoms with Gasteiger partial charge in [0.05, 0.1) is 4.90 Å². The summed E-state index contributed by atoms with van der Waals surface area (Å²) < 4.78 is 23.6. The smallest absolute Gasteiger partial charge is 0.348 e. The minimum Gasteiger partial charge on any atom is -0.385 e. The first-order chi connectivity index (χ1) is 16.5. The number of hydrogen-bond donors (Lipinski definition) is 3. The van der Waals surface area contributed by atoms with Crippen molar-refractivity contribution in [1.82, 2.24) is 9.97 Å². The van der Waals surface area contributed by atoms with E-state index in [2.05, 4.69) is 9.97 Å². The molecular formula is C25H25N5O4S. The number of benzene rings is 2. The summed E-state index contributed by atoms with van der Waals surface area (Å²) in [5.74, 6) is -0.0708. The molecule has 1 aliphatic heterocycles. The maximum absolute atomic E-state index is 13.7. The van der Waals surface area contributed by atoms with Gasteiger partial charge in [-0.25, -0.2) is 18.4 Å². The number of fused-ring (bicyclic) bond motifs is 1. The Morgan fingerprint density at radius 1 is 1.03 bits per heavy atom. The topological polar surface area (TPSA) is 152 Å². The van der Waals surface area contributed by atoms with Gasteiger partial charge in [0.2, 0.25) is 10.0 Å². The molecule has 180 valence electrons. The molecule has 1 aliphatic carbocycles. The highest BCUT2D eigenvalue weighted by molar-refractivity contribution is 7.89. The lowest BCUT2D eigenvalue weighted by Crippen LogP contribution is -2.39. The molecule has 5 N–H and O–H groups in total. The number of allylic oxidation sites excluding steroid dienone is 2. The number of nitrogens with two attached hydrogens (primary N) is 2. The quantitative estimate of drug-likeness (QED) is 0.509. The molecular weight excluding hydrogens is 466 g/mol. The summed E-state index contributed by atoms with van der Waals surface area (Å²) in [6.45, 7) is 4.03. The Bertz CT molecular complexity index is 1540. The molecule has 9 nitrogen and oxygen atoms in total. The Labute approximate surface area is 202 Å². The van der Waals surface area contributed by atoms with Gasteiger partial charge in [0.15, 0.2) is 11.6 Å². The zero-order valence-electron chi connectivity index (χ0n) is 19.3. The van der Waals surface area contributed by atoms with Crippen LogP contribution in [0.4, 0.5) is 17.3 Å². The van der Waals surface area contributed by atoms with Crippen LogP contribution in [0.25, 0.3) is 0 Å². The average molecular weight is 492 g/mol. The summed E-state index contributed by atoms with van der Waals surface area (Å²) in [6, 6.07) is 15.5. The molecule has 5 rings (SSSR count). The molecule has 10 heteroatoms. The van der Waals surface area contributed by atoms with Crippen LogP contribution in [0.15, 0.2) is 75.6 Å². The summed E-state index contributed by atoms with van der Waals surface area (Å²) in [6.07, 6.45) is 0.904. The van der Waals surface area contributed by atoms with Gasteiger partial charge in [0.1, 0.15) is 5.82 Å². The van der Waals surface area contributed by atoms with Crippen molar-refractivity contribution >= 4 is 33.1 Å². The monoisotopic (exact) mass is 491 g/mol. The van der Waals surface area contributed by atoms with Crippen molar-refractivity contribution in [3.8, 4) is 0 Å². The molecule has 1 unspecified atom stereocenters. The largest absolute Gasteiger partial charge is 0.385 e. The predicted octanol–water partition coefficient (Wildman–Crippen LogP) is 2.93. The van der Waals surface area contributed by atoms with Gasteiger partial charge in [-0.2, -0.15) is 4.98 Å². The number of aromatic amines is 1. The highest BCUT2D eigenvalue weighted by Crippen LogP contribution is 2.53. The Morgan fingerprint density at radius 3 is 2.31 bits per heavy atom. The summed E-state index contributed by atoms with van der Waals surface area (Å²) in [5.41, 5.74) is 8.65. The molecule has 1 aromatic heterocycles. The second-order valence-electron chi connectivity index (χ2n) is 9.71. The number of carbonyl (C=O) groups excluding carboxylic acids is 1. The fraction of sp³-hybridized carbons (Fsp3) is 0.240. The van der Waals surface area contributed by atoms with Crippen LogP contribution in [0.3, 0.4) is 0 Å². The number of sulfonamides is 1. The van der Waals surface area contributed by atoms with E-state index in [0.29, 0.717) is 41.2 Å². The van der Waals surface area contributed by atoms with E-state index in [1.165, 1.54) is 12.1 Å². The maximum atomic E-state index is 13.7. The van der Waals surface area contributed by atoms with Gasteiger partial charge in [-0.05, 0) is 41.7 Å². The van der Waals surface area contributed by atoms with Crippen molar-refractivity contribution in [2.75, 3.05) is 10.6 Å². The lowest BCUT2D eigenvalue weighted by molar-refractivity contribution is -0.118. The van der Waals surface area contributed by atoms with Crippen molar-refractivity contribution in [2.24, 2.45) is 10.6 Å². The molecule has 0 spiro atoms. The summed E-state index contributed by atoms with van der Waals surface area (Å²) in [5, 5.41) is 5.27. The first kappa shape index (κ1) is 23.0. The number of H-pyrrole nitrogens is 1. The van der Waals surface area contributed by atoms with Crippen LogP contribution in [-0.2, 0) is 14.8 Å². The number of ketones is 1. The number of nitrogens with one attached hydrogen (secondary N) is 1. The van der Waals surface area contributed by atoms with Gasteiger partial charge in [-0.15, -0.1) is 0 Å². The fourth-order valence-corrected chi connectivity index (χ4v) is 5.60. The SMILES string of the molecule is CC1(C)CC(=O)C2=C(C1)N(c1ccc(S(N)(=O)=O)cc1)c1nc(=O)[nH]c(N)c1C2c1ccccc1. The molecule has 0 fully saturated rings. The zero-order valence-corrected chi connectivity index (χ0v) is 20.1. The fourth-order valence-electron chi connectivity index (χ4n) is 5.09. The van der Waals surface area contributed by atoms with E-state index >= 15 is 0 Å². The van der Waals surface area contributed by atoms with Crippen LogP contribution in [0.5, 0.6) is 0 Å².